The second kappa shape index (κ2) is 4.32. The number of hydrogen-bond acceptors (Lipinski definition) is 4. The molecule has 0 bridgehead atoms. The summed E-state index contributed by atoms with van der Waals surface area (Å²) in [5.41, 5.74) is 5.01. The number of aliphatic hydroxyl groups is 1. The van der Waals surface area contributed by atoms with E-state index in [1.54, 1.807) is 19.9 Å². The molecule has 0 aliphatic rings. The molecule has 0 amide bonds. The quantitative estimate of drug-likeness (QED) is 0.654. The molecule has 1 aromatic heterocycles. The normalized spacial score (nSPS) is 12.6. The number of hydrogen-bond donors (Lipinski definition) is 3. The number of nitrogens with two attached hydrogens (primary N) is 1. The van der Waals surface area contributed by atoms with Crippen LogP contribution in [0.5, 0.6) is 0 Å². The first-order valence-electron chi connectivity index (χ1n) is 4.70. The predicted octanol–water partition coefficient (Wildman–Crippen LogP) is 0.693. The lowest BCUT2D eigenvalue weighted by atomic mass is 10.00. The van der Waals surface area contributed by atoms with E-state index >= 15 is 0 Å². The van der Waals surface area contributed by atoms with Crippen LogP contribution in [0.3, 0.4) is 0 Å². The topological polar surface area (TPSA) is 96.4 Å². The van der Waals surface area contributed by atoms with Crippen molar-refractivity contribution in [3.8, 4) is 0 Å². The van der Waals surface area contributed by atoms with Crippen LogP contribution >= 0.6 is 0 Å². The van der Waals surface area contributed by atoms with Gasteiger partial charge in [-0.05, 0) is 19.9 Å². The molecule has 86 valence electrons. The lowest BCUT2D eigenvalue weighted by Crippen LogP contribution is -2.16. The van der Waals surface area contributed by atoms with Gasteiger partial charge < -0.3 is 15.9 Å². The Bertz CT molecular complexity index is 416. The molecule has 0 saturated heterocycles. The summed E-state index contributed by atoms with van der Waals surface area (Å²) in [6.07, 6.45) is 2.43. The zero-order valence-corrected chi connectivity index (χ0v) is 9.14. The molecule has 1 aromatic rings. The number of carboxylic acid groups (broad SMARTS) is 1. The first-order valence-corrected chi connectivity index (χ1v) is 4.70. The molecule has 5 heteroatoms. The maximum absolute atomic E-state index is 10.8. The monoisotopic (exact) mass is 222 g/mol. The molecule has 0 unspecified atom stereocenters. The minimum atomic E-state index is -1.13. The number of pyridine rings is 1. The Balaban J connectivity index is 3.09. The van der Waals surface area contributed by atoms with Crippen molar-refractivity contribution in [2.45, 2.75) is 19.4 Å². The largest absolute Gasteiger partial charge is 0.478 e. The van der Waals surface area contributed by atoms with Crippen LogP contribution in [0.25, 0.3) is 5.57 Å². The van der Waals surface area contributed by atoms with Gasteiger partial charge in [-0.2, -0.15) is 0 Å². The Kier molecular flexibility index (Phi) is 3.29. The van der Waals surface area contributed by atoms with Crippen LogP contribution in [0.15, 0.2) is 24.5 Å². The van der Waals surface area contributed by atoms with Crippen molar-refractivity contribution in [2.24, 2.45) is 5.73 Å². The highest BCUT2D eigenvalue weighted by molar-refractivity contribution is 6.14. The molecule has 1 heterocycles. The second-order valence-corrected chi connectivity index (χ2v) is 3.88. The van der Waals surface area contributed by atoms with E-state index in [2.05, 4.69) is 4.98 Å². The Morgan fingerprint density at radius 1 is 1.50 bits per heavy atom. The fraction of sp³-hybridized carbons (Fsp3) is 0.273. The van der Waals surface area contributed by atoms with E-state index in [4.69, 9.17) is 10.8 Å². The van der Waals surface area contributed by atoms with Crippen LogP contribution in [0.2, 0.25) is 0 Å². The van der Waals surface area contributed by atoms with Gasteiger partial charge >= 0.3 is 5.97 Å². The molecule has 0 aliphatic heterocycles. The summed E-state index contributed by atoms with van der Waals surface area (Å²) in [6.45, 7) is 3.25. The van der Waals surface area contributed by atoms with E-state index in [0.29, 0.717) is 5.56 Å². The molecule has 1 rings (SSSR count). The fourth-order valence-electron chi connectivity index (χ4n) is 1.18. The zero-order valence-electron chi connectivity index (χ0n) is 9.14. The molecule has 0 radical (unpaired) electrons. The van der Waals surface area contributed by atoms with Crippen molar-refractivity contribution in [2.75, 3.05) is 0 Å². The average molecular weight is 222 g/mol. The van der Waals surface area contributed by atoms with Gasteiger partial charge in [0.05, 0.1) is 11.3 Å². The molecule has 0 fully saturated rings. The first kappa shape index (κ1) is 12.2. The highest BCUT2D eigenvalue weighted by atomic mass is 16.4. The number of nitrogens with zero attached hydrogens (tertiary/aromatic N) is 1. The van der Waals surface area contributed by atoms with Crippen molar-refractivity contribution >= 4 is 11.5 Å². The van der Waals surface area contributed by atoms with Crippen LogP contribution < -0.4 is 5.73 Å². The number of carboxylic acids is 1. The summed E-state index contributed by atoms with van der Waals surface area (Å²) in [5, 5.41) is 18.5. The Morgan fingerprint density at radius 2 is 2.12 bits per heavy atom. The second-order valence-electron chi connectivity index (χ2n) is 3.88. The lowest BCUT2D eigenvalue weighted by Gasteiger charge is -2.17. The van der Waals surface area contributed by atoms with E-state index in [1.165, 1.54) is 12.3 Å². The molecule has 0 saturated carbocycles. The number of rotatable bonds is 3. The molecule has 5 nitrogen and oxygen atoms in total. The minimum Gasteiger partial charge on any atom is -0.478 e. The Hall–Kier alpha value is -1.88. The van der Waals surface area contributed by atoms with Gasteiger partial charge in [-0.1, -0.05) is 6.07 Å². The van der Waals surface area contributed by atoms with Crippen LogP contribution in [0.4, 0.5) is 0 Å². The summed E-state index contributed by atoms with van der Waals surface area (Å²) in [4.78, 5) is 14.7. The van der Waals surface area contributed by atoms with Gasteiger partial charge in [0, 0.05) is 18.0 Å². The van der Waals surface area contributed by atoms with Gasteiger partial charge in [-0.15, -0.1) is 0 Å². The molecule has 0 aromatic carbocycles. The van der Waals surface area contributed by atoms with E-state index in [1.807, 2.05) is 0 Å². The van der Waals surface area contributed by atoms with Crippen molar-refractivity contribution in [3.05, 3.63) is 35.8 Å². The van der Waals surface area contributed by atoms with Gasteiger partial charge in [0.2, 0.25) is 0 Å². The van der Waals surface area contributed by atoms with Crippen LogP contribution in [-0.4, -0.2) is 21.2 Å². The summed E-state index contributed by atoms with van der Waals surface area (Å²) in [5.74, 6) is -1.13. The van der Waals surface area contributed by atoms with Crippen molar-refractivity contribution < 1.29 is 15.0 Å². The molecule has 4 N–H and O–H groups in total. The highest BCUT2D eigenvalue weighted by Crippen LogP contribution is 2.20. The Morgan fingerprint density at radius 3 is 2.44 bits per heavy atom. The molecular weight excluding hydrogens is 208 g/mol. The summed E-state index contributed by atoms with van der Waals surface area (Å²) < 4.78 is 0. The zero-order chi connectivity index (χ0) is 12.3. The lowest BCUT2D eigenvalue weighted by molar-refractivity contribution is -0.130. The standard InChI is InChI=1S/C11H14N2O3/c1-11(2,16)7-3-4-9(13-6-7)8(5-12)10(14)15/h3-6,16H,12H2,1-2H3,(H,14,15)/b8-5+. The van der Waals surface area contributed by atoms with Gasteiger partial charge in [-0.25, -0.2) is 4.79 Å². The van der Waals surface area contributed by atoms with Crippen LogP contribution in [0.1, 0.15) is 25.1 Å². The number of aliphatic carboxylic acids is 1. The third kappa shape index (κ3) is 2.58. The van der Waals surface area contributed by atoms with Gasteiger partial charge in [-0.3, -0.25) is 4.98 Å². The van der Waals surface area contributed by atoms with Crippen molar-refractivity contribution in [3.63, 3.8) is 0 Å². The maximum Gasteiger partial charge on any atom is 0.339 e. The van der Waals surface area contributed by atoms with E-state index < -0.39 is 11.6 Å². The highest BCUT2D eigenvalue weighted by Gasteiger charge is 2.17. The molecule has 0 spiro atoms. The third-order valence-corrected chi connectivity index (χ3v) is 2.14. The Labute approximate surface area is 93.2 Å². The maximum atomic E-state index is 10.8. The molecule has 16 heavy (non-hydrogen) atoms. The summed E-state index contributed by atoms with van der Waals surface area (Å²) >= 11 is 0. The smallest absolute Gasteiger partial charge is 0.339 e. The van der Waals surface area contributed by atoms with Crippen molar-refractivity contribution in [1.29, 1.82) is 0 Å². The fourth-order valence-corrected chi connectivity index (χ4v) is 1.18. The van der Waals surface area contributed by atoms with Gasteiger partial charge in [0.15, 0.2) is 0 Å². The van der Waals surface area contributed by atoms with Crippen LogP contribution in [0, 0.1) is 0 Å². The third-order valence-electron chi connectivity index (χ3n) is 2.14. The SMILES string of the molecule is CC(C)(O)c1ccc(/C(=C\N)C(=O)O)nc1. The van der Waals surface area contributed by atoms with E-state index in [-0.39, 0.29) is 11.3 Å². The molecule has 0 atom stereocenters. The predicted molar refractivity (Wildman–Crippen MR) is 59.3 cm³/mol. The number of carbonyl (C=O) groups is 1. The van der Waals surface area contributed by atoms with Crippen molar-refractivity contribution in [1.82, 2.24) is 4.98 Å². The number of aromatic nitrogens is 1. The van der Waals surface area contributed by atoms with Gasteiger partial charge in [0.1, 0.15) is 5.57 Å². The average Bonchev–Trinajstić information content (AvgIpc) is 2.17. The first-order chi connectivity index (χ1) is 7.36. The van der Waals surface area contributed by atoms with E-state index in [9.17, 15) is 9.90 Å². The van der Waals surface area contributed by atoms with E-state index in [0.717, 1.165) is 6.20 Å². The molecule has 0 aliphatic carbocycles. The summed E-state index contributed by atoms with van der Waals surface area (Å²) in [7, 11) is 0. The van der Waals surface area contributed by atoms with Crippen LogP contribution in [-0.2, 0) is 10.4 Å². The van der Waals surface area contributed by atoms with Gasteiger partial charge in [0.25, 0.3) is 0 Å². The molecular formula is C11H14N2O3. The minimum absolute atomic E-state index is 0.0673. The summed E-state index contributed by atoms with van der Waals surface area (Å²) in [6, 6.07) is 3.13.